The van der Waals surface area contributed by atoms with Crippen LogP contribution in [0.2, 0.25) is 0 Å². The zero-order valence-corrected chi connectivity index (χ0v) is 16.1. The number of ether oxygens (including phenoxy) is 1. The molecule has 0 bridgehead atoms. The molecule has 9 heteroatoms. The van der Waals surface area contributed by atoms with Gasteiger partial charge in [-0.15, -0.1) is 0 Å². The van der Waals surface area contributed by atoms with Crippen molar-refractivity contribution in [1.29, 1.82) is 0 Å². The topological polar surface area (TPSA) is 58.6 Å². The summed E-state index contributed by atoms with van der Waals surface area (Å²) in [5, 5.41) is 0. The predicted octanol–water partition coefficient (Wildman–Crippen LogP) is 2.76. The lowest BCUT2D eigenvalue weighted by Crippen LogP contribution is -2.43. The molecule has 1 N–H and O–H groups in total. The van der Waals surface area contributed by atoms with Crippen molar-refractivity contribution in [2.75, 3.05) is 32.8 Å². The molecule has 152 valence electrons. The Hall–Kier alpha value is -1.94. The van der Waals surface area contributed by atoms with Crippen LogP contribution in [0.1, 0.15) is 17.2 Å². The van der Waals surface area contributed by atoms with Crippen LogP contribution in [0, 0.1) is 24.4 Å². The van der Waals surface area contributed by atoms with Crippen molar-refractivity contribution in [3.63, 3.8) is 0 Å². The van der Waals surface area contributed by atoms with Gasteiger partial charge in [0.15, 0.2) is 17.5 Å². The summed E-state index contributed by atoms with van der Waals surface area (Å²) < 4.78 is 73.2. The molecule has 5 nitrogen and oxygen atoms in total. The number of benzene rings is 2. The van der Waals surface area contributed by atoms with E-state index in [9.17, 15) is 21.6 Å². The molecule has 0 aliphatic carbocycles. The summed E-state index contributed by atoms with van der Waals surface area (Å²) in [5.41, 5.74) is 1.95. The van der Waals surface area contributed by atoms with E-state index >= 15 is 0 Å². The van der Waals surface area contributed by atoms with Gasteiger partial charge in [-0.1, -0.05) is 29.8 Å². The standard InChI is InChI=1S/C19H21F3N2O3S/c1-13-2-4-14(5-3-13)16(24-8-10-27-11-9-24)12-23-28(25,26)17-7-6-15(20)18(21)19(17)22/h2-7,16,23H,8-12H2,1H3. The summed E-state index contributed by atoms with van der Waals surface area (Å²) in [7, 11) is -4.37. The third-order valence-electron chi connectivity index (χ3n) is 4.70. The van der Waals surface area contributed by atoms with Gasteiger partial charge in [0.25, 0.3) is 0 Å². The van der Waals surface area contributed by atoms with Gasteiger partial charge >= 0.3 is 0 Å². The van der Waals surface area contributed by atoms with Crippen molar-refractivity contribution in [2.45, 2.75) is 17.9 Å². The van der Waals surface area contributed by atoms with Crippen LogP contribution in [0.25, 0.3) is 0 Å². The molecule has 2 aromatic rings. The van der Waals surface area contributed by atoms with Gasteiger partial charge in [-0.3, -0.25) is 4.90 Å². The highest BCUT2D eigenvalue weighted by molar-refractivity contribution is 7.89. The average Bonchev–Trinajstić information content (AvgIpc) is 2.68. The second kappa shape index (κ2) is 8.60. The van der Waals surface area contributed by atoms with Crippen LogP contribution in [-0.2, 0) is 14.8 Å². The van der Waals surface area contributed by atoms with Crippen LogP contribution in [0.5, 0.6) is 0 Å². The Morgan fingerprint density at radius 2 is 1.68 bits per heavy atom. The molecule has 1 aliphatic heterocycles. The number of aryl methyl sites for hydroxylation is 1. The molecule has 1 heterocycles. The number of hydrogen-bond donors (Lipinski definition) is 1. The average molecular weight is 414 g/mol. The minimum absolute atomic E-state index is 0.0518. The lowest BCUT2D eigenvalue weighted by atomic mass is 10.0. The lowest BCUT2D eigenvalue weighted by Gasteiger charge is -2.35. The van der Waals surface area contributed by atoms with Crippen molar-refractivity contribution in [2.24, 2.45) is 0 Å². The normalized spacial score (nSPS) is 16.9. The molecular formula is C19H21F3N2O3S. The fourth-order valence-corrected chi connectivity index (χ4v) is 4.22. The first-order valence-corrected chi connectivity index (χ1v) is 10.3. The minimum atomic E-state index is -4.37. The van der Waals surface area contributed by atoms with E-state index in [0.29, 0.717) is 38.4 Å². The molecule has 3 rings (SSSR count). The Balaban J connectivity index is 1.84. The Morgan fingerprint density at radius 3 is 2.32 bits per heavy atom. The summed E-state index contributed by atoms with van der Waals surface area (Å²) in [5.74, 6) is -4.99. The number of halogens is 3. The fourth-order valence-electron chi connectivity index (χ4n) is 3.12. The molecule has 0 aromatic heterocycles. The number of sulfonamides is 1. The van der Waals surface area contributed by atoms with Gasteiger partial charge in [0.2, 0.25) is 10.0 Å². The number of hydrogen-bond acceptors (Lipinski definition) is 4. The van der Waals surface area contributed by atoms with Gasteiger partial charge in [0.05, 0.1) is 13.2 Å². The number of nitrogens with zero attached hydrogens (tertiary/aromatic N) is 1. The molecule has 1 saturated heterocycles. The van der Waals surface area contributed by atoms with E-state index in [1.165, 1.54) is 0 Å². The number of morpholine rings is 1. The number of nitrogens with one attached hydrogen (secondary N) is 1. The molecule has 1 atom stereocenters. The SMILES string of the molecule is Cc1ccc(C(CNS(=O)(=O)c2ccc(F)c(F)c2F)N2CCOCC2)cc1. The summed E-state index contributed by atoms with van der Waals surface area (Å²) in [6.45, 7) is 4.16. The highest BCUT2D eigenvalue weighted by Gasteiger charge is 2.28. The van der Waals surface area contributed by atoms with Crippen molar-refractivity contribution in [3.8, 4) is 0 Å². The fraction of sp³-hybridized carbons (Fsp3) is 0.368. The Bertz CT molecular complexity index is 930. The Kier molecular flexibility index (Phi) is 6.39. The highest BCUT2D eigenvalue weighted by atomic mass is 32.2. The molecule has 1 unspecified atom stereocenters. The summed E-state index contributed by atoms with van der Waals surface area (Å²) in [6.07, 6.45) is 0. The van der Waals surface area contributed by atoms with E-state index in [1.54, 1.807) is 0 Å². The first-order valence-electron chi connectivity index (χ1n) is 8.81. The van der Waals surface area contributed by atoms with Crippen molar-refractivity contribution < 1.29 is 26.3 Å². The highest BCUT2D eigenvalue weighted by Crippen LogP contribution is 2.24. The van der Waals surface area contributed by atoms with Gasteiger partial charge < -0.3 is 4.74 Å². The summed E-state index contributed by atoms with van der Waals surface area (Å²) in [4.78, 5) is 1.15. The van der Waals surface area contributed by atoms with Gasteiger partial charge in [-0.05, 0) is 24.6 Å². The van der Waals surface area contributed by atoms with Gasteiger partial charge in [-0.25, -0.2) is 26.3 Å². The molecule has 0 radical (unpaired) electrons. The van der Waals surface area contributed by atoms with E-state index in [4.69, 9.17) is 4.74 Å². The van der Waals surface area contributed by atoms with Crippen LogP contribution >= 0.6 is 0 Å². The third kappa shape index (κ3) is 4.54. The summed E-state index contributed by atoms with van der Waals surface area (Å²) in [6, 6.07) is 8.65. The Labute approximate surface area is 162 Å². The minimum Gasteiger partial charge on any atom is -0.379 e. The predicted molar refractivity (Wildman–Crippen MR) is 97.8 cm³/mol. The molecule has 1 fully saturated rings. The second-order valence-electron chi connectivity index (χ2n) is 6.60. The first-order chi connectivity index (χ1) is 13.3. The van der Waals surface area contributed by atoms with Crippen molar-refractivity contribution in [1.82, 2.24) is 9.62 Å². The zero-order chi connectivity index (χ0) is 20.3. The second-order valence-corrected chi connectivity index (χ2v) is 8.34. The van der Waals surface area contributed by atoms with Crippen LogP contribution < -0.4 is 4.72 Å². The number of rotatable bonds is 6. The van der Waals surface area contributed by atoms with E-state index in [-0.39, 0.29) is 12.6 Å². The molecule has 28 heavy (non-hydrogen) atoms. The molecule has 0 spiro atoms. The molecular weight excluding hydrogens is 393 g/mol. The van der Waals surface area contributed by atoms with Gasteiger partial charge in [0, 0.05) is 25.7 Å². The zero-order valence-electron chi connectivity index (χ0n) is 15.3. The molecule has 0 saturated carbocycles. The van der Waals surface area contributed by atoms with Crippen LogP contribution in [0.3, 0.4) is 0 Å². The van der Waals surface area contributed by atoms with Crippen LogP contribution in [0.4, 0.5) is 13.2 Å². The van der Waals surface area contributed by atoms with Crippen LogP contribution in [0.15, 0.2) is 41.3 Å². The lowest BCUT2D eigenvalue weighted by molar-refractivity contribution is 0.0172. The molecule has 2 aromatic carbocycles. The van der Waals surface area contributed by atoms with Crippen molar-refractivity contribution in [3.05, 3.63) is 65.0 Å². The van der Waals surface area contributed by atoms with E-state index in [2.05, 4.69) is 9.62 Å². The van der Waals surface area contributed by atoms with E-state index in [0.717, 1.165) is 11.1 Å². The largest absolute Gasteiger partial charge is 0.379 e. The van der Waals surface area contributed by atoms with Gasteiger partial charge in [-0.2, -0.15) is 0 Å². The third-order valence-corrected chi connectivity index (χ3v) is 6.15. The maximum Gasteiger partial charge on any atom is 0.243 e. The maximum atomic E-state index is 13.9. The first kappa shape index (κ1) is 20.8. The van der Waals surface area contributed by atoms with E-state index < -0.39 is 32.4 Å². The smallest absolute Gasteiger partial charge is 0.243 e. The quantitative estimate of drug-likeness (QED) is 0.739. The summed E-state index contributed by atoms with van der Waals surface area (Å²) >= 11 is 0. The van der Waals surface area contributed by atoms with E-state index in [1.807, 2.05) is 31.2 Å². The van der Waals surface area contributed by atoms with Crippen LogP contribution in [-0.4, -0.2) is 46.2 Å². The molecule has 1 aliphatic rings. The maximum absolute atomic E-state index is 13.9. The van der Waals surface area contributed by atoms with Crippen molar-refractivity contribution >= 4 is 10.0 Å². The van der Waals surface area contributed by atoms with Gasteiger partial charge in [0.1, 0.15) is 4.90 Å². The monoisotopic (exact) mass is 414 g/mol. The Morgan fingerprint density at radius 1 is 1.04 bits per heavy atom. The molecule has 0 amide bonds.